The van der Waals surface area contributed by atoms with Gasteiger partial charge < -0.3 is 4.74 Å². The zero-order chi connectivity index (χ0) is 13.7. The van der Waals surface area contributed by atoms with Gasteiger partial charge in [-0.25, -0.2) is 0 Å². The van der Waals surface area contributed by atoms with Gasteiger partial charge in [-0.1, -0.05) is 18.9 Å². The van der Waals surface area contributed by atoms with Crippen molar-refractivity contribution < 1.29 is 9.53 Å². The first-order valence-corrected chi connectivity index (χ1v) is 8.11. The zero-order valence-electron chi connectivity index (χ0n) is 11.8. The second kappa shape index (κ2) is 6.99. The molecule has 0 aromatic heterocycles. The molecule has 2 rings (SSSR count). The van der Waals surface area contributed by atoms with Crippen molar-refractivity contribution in [3.8, 4) is 5.75 Å². The van der Waals surface area contributed by atoms with E-state index in [9.17, 15) is 4.79 Å². The molecule has 1 aliphatic carbocycles. The Morgan fingerprint density at radius 3 is 2.79 bits per heavy atom. The van der Waals surface area contributed by atoms with E-state index >= 15 is 0 Å². The highest BCUT2D eigenvalue weighted by Gasteiger charge is 2.17. The van der Waals surface area contributed by atoms with Crippen LogP contribution in [0.3, 0.4) is 0 Å². The first-order valence-electron chi connectivity index (χ1n) is 6.96. The lowest BCUT2D eigenvalue weighted by atomic mass is 10.1. The molecule has 0 saturated heterocycles. The van der Waals surface area contributed by atoms with Gasteiger partial charge in [0.05, 0.1) is 18.4 Å². The van der Waals surface area contributed by atoms with Crippen LogP contribution in [0.15, 0.2) is 18.2 Å². The summed E-state index contributed by atoms with van der Waals surface area (Å²) < 4.78 is 5.30. The van der Waals surface area contributed by atoms with Crippen molar-refractivity contribution in [1.29, 1.82) is 0 Å². The van der Waals surface area contributed by atoms with Gasteiger partial charge in [0.2, 0.25) is 0 Å². The van der Waals surface area contributed by atoms with E-state index in [-0.39, 0.29) is 5.78 Å². The molecule has 0 radical (unpaired) electrons. The molecule has 1 saturated carbocycles. The third kappa shape index (κ3) is 4.00. The van der Waals surface area contributed by atoms with Gasteiger partial charge in [0.25, 0.3) is 0 Å². The van der Waals surface area contributed by atoms with Crippen LogP contribution in [0, 0.1) is 12.8 Å². The normalized spacial score (nSPS) is 15.7. The number of Topliss-reactive ketones (excluding diaryl/α,β-unsaturated/α-hetero) is 1. The lowest BCUT2D eigenvalue weighted by Crippen LogP contribution is -2.07. The largest absolute Gasteiger partial charge is 0.496 e. The second-order valence-corrected chi connectivity index (χ2v) is 6.32. The van der Waals surface area contributed by atoms with Crippen LogP contribution in [0.1, 0.15) is 41.6 Å². The Morgan fingerprint density at radius 1 is 1.37 bits per heavy atom. The Hall–Kier alpha value is -0.960. The minimum atomic E-state index is 0.180. The fraction of sp³-hybridized carbons (Fsp3) is 0.562. The number of ketones is 1. The second-order valence-electron chi connectivity index (χ2n) is 5.29. The van der Waals surface area contributed by atoms with Crippen LogP contribution in [0.4, 0.5) is 0 Å². The Kier molecular flexibility index (Phi) is 5.32. The van der Waals surface area contributed by atoms with Crippen molar-refractivity contribution in [3.05, 3.63) is 29.3 Å². The Bertz CT molecular complexity index is 436. The fourth-order valence-electron chi connectivity index (χ4n) is 2.60. The van der Waals surface area contributed by atoms with Crippen LogP contribution < -0.4 is 4.74 Å². The molecule has 0 unspecified atom stereocenters. The average molecular weight is 278 g/mol. The SMILES string of the molecule is COc1cc(C)ccc1C(=O)CSCC1CCCC1. The summed E-state index contributed by atoms with van der Waals surface area (Å²) in [7, 11) is 1.62. The molecule has 2 nitrogen and oxygen atoms in total. The summed E-state index contributed by atoms with van der Waals surface area (Å²) in [6.45, 7) is 2.01. The van der Waals surface area contributed by atoms with E-state index in [0.29, 0.717) is 17.1 Å². The number of aryl methyl sites for hydroxylation is 1. The number of rotatable bonds is 6. The maximum atomic E-state index is 12.2. The predicted octanol–water partition coefficient (Wildman–Crippen LogP) is 4.11. The van der Waals surface area contributed by atoms with Crippen molar-refractivity contribution in [2.45, 2.75) is 32.6 Å². The van der Waals surface area contributed by atoms with Gasteiger partial charge >= 0.3 is 0 Å². The summed E-state index contributed by atoms with van der Waals surface area (Å²) in [6, 6.07) is 5.78. The summed E-state index contributed by atoms with van der Waals surface area (Å²) in [5, 5.41) is 0. The van der Waals surface area contributed by atoms with Crippen LogP contribution in [0.25, 0.3) is 0 Å². The van der Waals surface area contributed by atoms with Crippen molar-refractivity contribution >= 4 is 17.5 Å². The number of hydrogen-bond acceptors (Lipinski definition) is 3. The molecule has 0 bridgehead atoms. The van der Waals surface area contributed by atoms with Crippen LogP contribution in [-0.2, 0) is 0 Å². The molecule has 19 heavy (non-hydrogen) atoms. The molecule has 3 heteroatoms. The van der Waals surface area contributed by atoms with Gasteiger partial charge in [-0.15, -0.1) is 0 Å². The van der Waals surface area contributed by atoms with Gasteiger partial charge in [0, 0.05) is 0 Å². The Balaban J connectivity index is 1.88. The molecule has 1 aromatic carbocycles. The summed E-state index contributed by atoms with van der Waals surface area (Å²) in [5.74, 6) is 3.40. The molecule has 0 N–H and O–H groups in total. The van der Waals surface area contributed by atoms with Crippen LogP contribution >= 0.6 is 11.8 Å². The van der Waals surface area contributed by atoms with Crippen molar-refractivity contribution in [1.82, 2.24) is 0 Å². The van der Waals surface area contributed by atoms with Gasteiger partial charge in [-0.3, -0.25) is 4.79 Å². The molecular formula is C16H22O2S. The predicted molar refractivity (Wildman–Crippen MR) is 81.3 cm³/mol. The molecule has 1 aromatic rings. The Morgan fingerprint density at radius 2 is 2.11 bits per heavy atom. The topological polar surface area (TPSA) is 26.3 Å². The number of carbonyl (C=O) groups is 1. The van der Waals surface area contributed by atoms with Gasteiger partial charge in [-0.05, 0) is 49.1 Å². The number of hydrogen-bond donors (Lipinski definition) is 0. The smallest absolute Gasteiger partial charge is 0.176 e. The van der Waals surface area contributed by atoms with Crippen LogP contribution in [0.5, 0.6) is 5.75 Å². The molecule has 1 aliphatic rings. The van der Waals surface area contributed by atoms with E-state index in [4.69, 9.17) is 4.74 Å². The third-order valence-corrected chi connectivity index (χ3v) is 4.89. The minimum absolute atomic E-state index is 0.180. The maximum Gasteiger partial charge on any atom is 0.176 e. The van der Waals surface area contributed by atoms with E-state index in [1.165, 1.54) is 25.7 Å². The monoisotopic (exact) mass is 278 g/mol. The lowest BCUT2D eigenvalue weighted by Gasteiger charge is -2.10. The number of methoxy groups -OCH3 is 1. The summed E-state index contributed by atoms with van der Waals surface area (Å²) in [5.41, 5.74) is 1.83. The first-order chi connectivity index (χ1) is 9.20. The highest BCUT2D eigenvalue weighted by Crippen LogP contribution is 2.28. The van der Waals surface area contributed by atoms with Crippen molar-refractivity contribution in [3.63, 3.8) is 0 Å². The molecule has 0 amide bonds. The maximum absolute atomic E-state index is 12.2. The molecule has 1 fully saturated rings. The summed E-state index contributed by atoms with van der Waals surface area (Å²) >= 11 is 1.77. The lowest BCUT2D eigenvalue weighted by molar-refractivity contribution is 0.101. The molecule has 0 spiro atoms. The highest BCUT2D eigenvalue weighted by molar-refractivity contribution is 7.99. The Labute approximate surface area is 119 Å². The first kappa shape index (κ1) is 14.4. The van der Waals surface area contributed by atoms with E-state index in [1.54, 1.807) is 18.9 Å². The third-order valence-electron chi connectivity index (χ3n) is 3.72. The average Bonchev–Trinajstić information content (AvgIpc) is 2.91. The summed E-state index contributed by atoms with van der Waals surface area (Å²) in [6.07, 6.45) is 5.42. The molecule has 104 valence electrons. The standard InChI is InChI=1S/C16H22O2S/c1-12-7-8-14(16(9-12)18-2)15(17)11-19-10-13-5-3-4-6-13/h7-9,13H,3-6,10-11H2,1-2H3. The number of carbonyl (C=O) groups excluding carboxylic acids is 1. The van der Waals surface area contributed by atoms with E-state index in [0.717, 1.165) is 17.2 Å². The van der Waals surface area contributed by atoms with Gasteiger partial charge in [-0.2, -0.15) is 11.8 Å². The summed E-state index contributed by atoms with van der Waals surface area (Å²) in [4.78, 5) is 12.2. The molecular weight excluding hydrogens is 256 g/mol. The van der Waals surface area contributed by atoms with E-state index < -0.39 is 0 Å². The molecule has 0 atom stereocenters. The van der Waals surface area contributed by atoms with Crippen LogP contribution in [0.2, 0.25) is 0 Å². The minimum Gasteiger partial charge on any atom is -0.496 e. The zero-order valence-corrected chi connectivity index (χ0v) is 12.6. The van der Waals surface area contributed by atoms with Crippen molar-refractivity contribution in [2.75, 3.05) is 18.6 Å². The van der Waals surface area contributed by atoms with Crippen molar-refractivity contribution in [2.24, 2.45) is 5.92 Å². The van der Waals surface area contributed by atoms with Crippen LogP contribution in [-0.4, -0.2) is 24.4 Å². The quantitative estimate of drug-likeness (QED) is 0.733. The van der Waals surface area contributed by atoms with Gasteiger partial charge in [0.15, 0.2) is 5.78 Å². The fourth-order valence-corrected chi connectivity index (χ4v) is 3.73. The number of benzene rings is 1. The number of thioether (sulfide) groups is 1. The van der Waals surface area contributed by atoms with Gasteiger partial charge in [0.1, 0.15) is 5.75 Å². The van der Waals surface area contributed by atoms with E-state index in [2.05, 4.69) is 0 Å². The highest BCUT2D eigenvalue weighted by atomic mass is 32.2. The molecule has 0 aliphatic heterocycles. The van der Waals surface area contributed by atoms with E-state index in [1.807, 2.05) is 25.1 Å². The molecule has 0 heterocycles. The number of ether oxygens (including phenoxy) is 1.